The summed E-state index contributed by atoms with van der Waals surface area (Å²) in [7, 11) is 0. The lowest BCUT2D eigenvalue weighted by atomic mass is 10.2. The summed E-state index contributed by atoms with van der Waals surface area (Å²) < 4.78 is 44.7. The maximum Gasteiger partial charge on any atom is 0.573 e. The molecule has 0 aliphatic rings. The van der Waals surface area contributed by atoms with Crippen molar-refractivity contribution in [3.8, 4) is 5.75 Å². The molecule has 0 saturated heterocycles. The molecule has 4 nitrogen and oxygen atoms in total. The molecule has 0 fully saturated rings. The monoisotopic (exact) mass is 272 g/mol. The van der Waals surface area contributed by atoms with E-state index in [9.17, 15) is 13.2 Å². The molecule has 7 heteroatoms. The zero-order chi connectivity index (χ0) is 13.7. The van der Waals surface area contributed by atoms with Gasteiger partial charge in [-0.15, -0.1) is 13.2 Å². The van der Waals surface area contributed by atoms with Gasteiger partial charge in [0.05, 0.1) is 5.69 Å². The number of nitrogens with one attached hydrogen (secondary N) is 1. The summed E-state index contributed by atoms with van der Waals surface area (Å²) in [5, 5.41) is 6.74. The second kappa shape index (κ2) is 5.75. The van der Waals surface area contributed by atoms with Crippen molar-refractivity contribution < 1.29 is 22.4 Å². The summed E-state index contributed by atoms with van der Waals surface area (Å²) >= 11 is 0. The topological polar surface area (TPSA) is 47.3 Å². The van der Waals surface area contributed by atoms with Crippen LogP contribution in [0.15, 0.2) is 41.1 Å². The first-order valence-electron chi connectivity index (χ1n) is 5.47. The molecule has 0 bridgehead atoms. The minimum atomic E-state index is -4.67. The standard InChI is InChI=1S/C12H11F3N2O2/c13-12(14,15)19-11-3-1-2-9(6-11)7-16-8-10-4-5-18-17-10/h1-6,16H,7-8H2. The minimum Gasteiger partial charge on any atom is -0.406 e. The van der Waals surface area contributed by atoms with Gasteiger partial charge in [0.1, 0.15) is 12.0 Å². The normalized spacial score (nSPS) is 11.5. The van der Waals surface area contributed by atoms with E-state index < -0.39 is 6.36 Å². The van der Waals surface area contributed by atoms with Gasteiger partial charge in [-0.25, -0.2) is 0 Å². The molecular formula is C12H11F3N2O2. The number of aromatic nitrogens is 1. The zero-order valence-corrected chi connectivity index (χ0v) is 9.78. The molecule has 0 aliphatic heterocycles. The van der Waals surface area contributed by atoms with Crippen LogP contribution in [0.2, 0.25) is 0 Å². The summed E-state index contributed by atoms with van der Waals surface area (Å²) in [4.78, 5) is 0. The Hall–Kier alpha value is -2.02. The van der Waals surface area contributed by atoms with Crippen LogP contribution in [-0.4, -0.2) is 11.5 Å². The van der Waals surface area contributed by atoms with Crippen molar-refractivity contribution >= 4 is 0 Å². The molecule has 1 aromatic heterocycles. The second-order valence-electron chi connectivity index (χ2n) is 3.79. The highest BCUT2D eigenvalue weighted by atomic mass is 19.4. The molecule has 0 amide bonds. The highest BCUT2D eigenvalue weighted by Gasteiger charge is 2.31. The van der Waals surface area contributed by atoms with E-state index in [0.29, 0.717) is 18.7 Å². The summed E-state index contributed by atoms with van der Waals surface area (Å²) in [6, 6.07) is 7.52. The third-order valence-corrected chi connectivity index (χ3v) is 2.26. The molecule has 1 heterocycles. The SMILES string of the molecule is FC(F)(F)Oc1cccc(CNCc2ccon2)c1. The average molecular weight is 272 g/mol. The lowest BCUT2D eigenvalue weighted by molar-refractivity contribution is -0.274. The largest absolute Gasteiger partial charge is 0.573 e. The van der Waals surface area contributed by atoms with E-state index in [-0.39, 0.29) is 5.75 Å². The Morgan fingerprint density at radius 3 is 2.74 bits per heavy atom. The highest BCUT2D eigenvalue weighted by molar-refractivity contribution is 5.28. The van der Waals surface area contributed by atoms with Crippen LogP contribution in [-0.2, 0) is 13.1 Å². The van der Waals surface area contributed by atoms with Gasteiger partial charge in [-0.3, -0.25) is 0 Å². The maximum atomic E-state index is 12.1. The van der Waals surface area contributed by atoms with Crippen LogP contribution < -0.4 is 10.1 Å². The first kappa shape index (κ1) is 13.4. The molecular weight excluding hydrogens is 261 g/mol. The van der Waals surface area contributed by atoms with Crippen molar-refractivity contribution in [2.45, 2.75) is 19.5 Å². The van der Waals surface area contributed by atoms with Gasteiger partial charge in [0.25, 0.3) is 0 Å². The third-order valence-electron chi connectivity index (χ3n) is 2.26. The maximum absolute atomic E-state index is 12.1. The van der Waals surface area contributed by atoms with Gasteiger partial charge in [0.15, 0.2) is 0 Å². The number of hydrogen-bond donors (Lipinski definition) is 1. The first-order valence-corrected chi connectivity index (χ1v) is 5.47. The van der Waals surface area contributed by atoms with Crippen LogP contribution in [0.3, 0.4) is 0 Å². The van der Waals surface area contributed by atoms with Crippen molar-refractivity contribution in [1.82, 2.24) is 10.5 Å². The molecule has 0 spiro atoms. The van der Waals surface area contributed by atoms with E-state index >= 15 is 0 Å². The van der Waals surface area contributed by atoms with Crippen molar-refractivity contribution in [3.63, 3.8) is 0 Å². The molecule has 0 radical (unpaired) electrons. The van der Waals surface area contributed by atoms with Crippen LogP contribution in [0.1, 0.15) is 11.3 Å². The van der Waals surface area contributed by atoms with Crippen LogP contribution in [0.25, 0.3) is 0 Å². The van der Waals surface area contributed by atoms with Crippen LogP contribution in [0.5, 0.6) is 5.75 Å². The summed E-state index contributed by atoms with van der Waals surface area (Å²) in [5.74, 6) is -0.228. The molecule has 0 atom stereocenters. The Morgan fingerprint density at radius 2 is 2.05 bits per heavy atom. The van der Waals surface area contributed by atoms with Crippen LogP contribution >= 0.6 is 0 Å². The predicted octanol–water partition coefficient (Wildman–Crippen LogP) is 2.86. The summed E-state index contributed by atoms with van der Waals surface area (Å²) in [6.07, 6.45) is -3.22. The van der Waals surface area contributed by atoms with Crippen LogP contribution in [0.4, 0.5) is 13.2 Å². The molecule has 19 heavy (non-hydrogen) atoms. The zero-order valence-electron chi connectivity index (χ0n) is 9.78. The summed E-state index contributed by atoms with van der Waals surface area (Å²) in [6.45, 7) is 0.878. The molecule has 1 aromatic carbocycles. The Morgan fingerprint density at radius 1 is 1.21 bits per heavy atom. The molecule has 2 aromatic rings. The number of halogens is 3. The Balaban J connectivity index is 1.88. The van der Waals surface area contributed by atoms with E-state index in [2.05, 4.69) is 19.7 Å². The average Bonchev–Trinajstić information content (AvgIpc) is 2.80. The molecule has 1 N–H and O–H groups in total. The highest BCUT2D eigenvalue weighted by Crippen LogP contribution is 2.23. The van der Waals surface area contributed by atoms with Gasteiger partial charge in [0, 0.05) is 19.2 Å². The van der Waals surface area contributed by atoms with Crippen LogP contribution in [0, 0.1) is 0 Å². The van der Waals surface area contributed by atoms with E-state index in [1.165, 1.54) is 24.5 Å². The number of benzene rings is 1. The molecule has 0 unspecified atom stereocenters. The fraction of sp³-hybridized carbons (Fsp3) is 0.250. The number of nitrogens with zero attached hydrogens (tertiary/aromatic N) is 1. The number of hydrogen-bond acceptors (Lipinski definition) is 4. The molecule has 2 rings (SSSR count). The Kier molecular flexibility index (Phi) is 4.06. The minimum absolute atomic E-state index is 0.228. The van der Waals surface area contributed by atoms with E-state index in [1.54, 1.807) is 12.1 Å². The van der Waals surface area contributed by atoms with Gasteiger partial charge >= 0.3 is 6.36 Å². The van der Waals surface area contributed by atoms with E-state index in [1.807, 2.05) is 0 Å². The fourth-order valence-electron chi connectivity index (χ4n) is 1.52. The lowest BCUT2D eigenvalue weighted by Gasteiger charge is -2.10. The number of rotatable bonds is 5. The van der Waals surface area contributed by atoms with Crippen molar-refractivity contribution in [2.75, 3.05) is 0 Å². The molecule has 0 aliphatic carbocycles. The quantitative estimate of drug-likeness (QED) is 0.909. The number of ether oxygens (including phenoxy) is 1. The number of alkyl halides is 3. The summed E-state index contributed by atoms with van der Waals surface area (Å²) in [5.41, 5.74) is 1.41. The van der Waals surface area contributed by atoms with Gasteiger partial charge in [-0.05, 0) is 17.7 Å². The van der Waals surface area contributed by atoms with Gasteiger partial charge in [0.2, 0.25) is 0 Å². The Labute approximate surface area is 107 Å². The van der Waals surface area contributed by atoms with E-state index in [0.717, 1.165) is 5.69 Å². The molecule has 0 saturated carbocycles. The van der Waals surface area contributed by atoms with Gasteiger partial charge in [-0.1, -0.05) is 17.3 Å². The fourth-order valence-corrected chi connectivity index (χ4v) is 1.52. The van der Waals surface area contributed by atoms with Crippen molar-refractivity contribution in [2.24, 2.45) is 0 Å². The van der Waals surface area contributed by atoms with E-state index in [4.69, 9.17) is 0 Å². The molecule has 102 valence electrons. The Bertz CT molecular complexity index is 512. The lowest BCUT2D eigenvalue weighted by Crippen LogP contribution is -2.17. The second-order valence-corrected chi connectivity index (χ2v) is 3.79. The van der Waals surface area contributed by atoms with Gasteiger partial charge in [-0.2, -0.15) is 0 Å². The van der Waals surface area contributed by atoms with Gasteiger partial charge < -0.3 is 14.6 Å². The predicted molar refractivity (Wildman–Crippen MR) is 60.2 cm³/mol. The van der Waals surface area contributed by atoms with Crippen molar-refractivity contribution in [1.29, 1.82) is 0 Å². The smallest absolute Gasteiger partial charge is 0.406 e. The third kappa shape index (κ3) is 4.63. The van der Waals surface area contributed by atoms with Crippen molar-refractivity contribution in [3.05, 3.63) is 47.9 Å². The first-order chi connectivity index (χ1) is 9.03.